The van der Waals surface area contributed by atoms with Crippen LogP contribution in [0.1, 0.15) is 24.0 Å². The second-order valence-electron chi connectivity index (χ2n) is 4.69. The summed E-state index contributed by atoms with van der Waals surface area (Å²) in [6, 6.07) is 8.75. The number of rotatable bonds is 4. The van der Waals surface area contributed by atoms with Crippen LogP contribution in [-0.2, 0) is 15.8 Å². The Morgan fingerprint density at radius 3 is 2.89 bits per heavy atom. The Morgan fingerprint density at radius 1 is 1.42 bits per heavy atom. The summed E-state index contributed by atoms with van der Waals surface area (Å²) in [4.78, 5) is 0. The third-order valence-corrected chi connectivity index (χ3v) is 4.51. The molecule has 1 aromatic rings. The van der Waals surface area contributed by atoms with E-state index in [4.69, 9.17) is 5.26 Å². The van der Waals surface area contributed by atoms with E-state index >= 15 is 0 Å². The van der Waals surface area contributed by atoms with Gasteiger partial charge in [-0.3, -0.25) is 0 Å². The van der Waals surface area contributed by atoms with E-state index in [9.17, 15) is 8.42 Å². The SMILES string of the molecule is N#Cc1ccccc1CS(=O)(=O)N[C@H]1CCCNC1. The Morgan fingerprint density at radius 2 is 2.21 bits per heavy atom. The first-order valence-corrected chi connectivity index (χ1v) is 7.95. The first kappa shape index (κ1) is 14.0. The minimum atomic E-state index is -3.41. The molecule has 1 aromatic carbocycles. The van der Waals surface area contributed by atoms with Crippen molar-refractivity contribution in [2.75, 3.05) is 13.1 Å². The minimum absolute atomic E-state index is 0.0482. The van der Waals surface area contributed by atoms with Crippen LogP contribution in [0.25, 0.3) is 0 Å². The minimum Gasteiger partial charge on any atom is -0.315 e. The molecule has 0 aliphatic carbocycles. The molecule has 0 bridgehead atoms. The van der Waals surface area contributed by atoms with Crippen molar-refractivity contribution in [3.8, 4) is 6.07 Å². The largest absolute Gasteiger partial charge is 0.315 e. The van der Waals surface area contributed by atoms with Gasteiger partial charge in [-0.15, -0.1) is 0 Å². The van der Waals surface area contributed by atoms with Crippen molar-refractivity contribution in [1.82, 2.24) is 10.0 Å². The Labute approximate surface area is 113 Å². The monoisotopic (exact) mass is 279 g/mol. The van der Waals surface area contributed by atoms with Gasteiger partial charge in [0.1, 0.15) is 0 Å². The topological polar surface area (TPSA) is 82.0 Å². The van der Waals surface area contributed by atoms with E-state index in [0.29, 0.717) is 17.7 Å². The lowest BCUT2D eigenvalue weighted by Gasteiger charge is -2.23. The molecule has 1 aliphatic heterocycles. The Hall–Kier alpha value is -1.42. The number of hydrogen-bond acceptors (Lipinski definition) is 4. The quantitative estimate of drug-likeness (QED) is 0.851. The van der Waals surface area contributed by atoms with Crippen molar-refractivity contribution in [2.45, 2.75) is 24.6 Å². The lowest BCUT2D eigenvalue weighted by atomic mass is 10.1. The zero-order chi connectivity index (χ0) is 13.7. The molecule has 2 N–H and O–H groups in total. The van der Waals surface area contributed by atoms with E-state index in [0.717, 1.165) is 19.4 Å². The lowest BCUT2D eigenvalue weighted by molar-refractivity contribution is 0.428. The second kappa shape index (κ2) is 6.15. The third-order valence-electron chi connectivity index (χ3n) is 3.13. The van der Waals surface area contributed by atoms with Crippen molar-refractivity contribution in [1.29, 1.82) is 5.26 Å². The molecule has 0 unspecified atom stereocenters. The first-order valence-electron chi connectivity index (χ1n) is 6.29. The smallest absolute Gasteiger partial charge is 0.216 e. The molecule has 0 saturated carbocycles. The predicted octanol–water partition coefficient (Wildman–Crippen LogP) is 0.730. The van der Waals surface area contributed by atoms with E-state index in [-0.39, 0.29) is 11.8 Å². The van der Waals surface area contributed by atoms with Crippen molar-refractivity contribution >= 4 is 10.0 Å². The number of nitrogens with one attached hydrogen (secondary N) is 2. The fraction of sp³-hybridized carbons (Fsp3) is 0.462. The van der Waals surface area contributed by atoms with Gasteiger partial charge in [0.25, 0.3) is 0 Å². The molecule has 2 rings (SSSR count). The highest BCUT2D eigenvalue weighted by Gasteiger charge is 2.21. The molecule has 0 aromatic heterocycles. The van der Waals surface area contributed by atoms with E-state index in [1.165, 1.54) is 0 Å². The zero-order valence-electron chi connectivity index (χ0n) is 10.6. The summed E-state index contributed by atoms with van der Waals surface area (Å²) in [6.45, 7) is 1.61. The van der Waals surface area contributed by atoms with Crippen LogP contribution in [-0.4, -0.2) is 27.5 Å². The number of hydrogen-bond donors (Lipinski definition) is 2. The van der Waals surface area contributed by atoms with Crippen molar-refractivity contribution in [2.24, 2.45) is 0 Å². The van der Waals surface area contributed by atoms with Gasteiger partial charge in [-0.2, -0.15) is 5.26 Å². The maximum absolute atomic E-state index is 12.1. The van der Waals surface area contributed by atoms with Crippen LogP contribution in [0.3, 0.4) is 0 Å². The average Bonchev–Trinajstić information content (AvgIpc) is 2.39. The van der Waals surface area contributed by atoms with Crippen LogP contribution >= 0.6 is 0 Å². The molecule has 0 amide bonds. The van der Waals surface area contributed by atoms with Crippen LogP contribution in [0.5, 0.6) is 0 Å². The van der Waals surface area contributed by atoms with Gasteiger partial charge in [0.2, 0.25) is 10.0 Å². The Kier molecular flexibility index (Phi) is 4.53. The maximum Gasteiger partial charge on any atom is 0.216 e. The molecule has 19 heavy (non-hydrogen) atoms. The van der Waals surface area contributed by atoms with Crippen molar-refractivity contribution in [3.63, 3.8) is 0 Å². The number of nitrogens with zero attached hydrogens (tertiary/aromatic N) is 1. The van der Waals surface area contributed by atoms with Gasteiger partial charge in [-0.25, -0.2) is 13.1 Å². The summed E-state index contributed by atoms with van der Waals surface area (Å²) >= 11 is 0. The molecule has 5 nitrogen and oxygen atoms in total. The highest BCUT2D eigenvalue weighted by atomic mass is 32.2. The van der Waals surface area contributed by atoms with E-state index in [1.807, 2.05) is 6.07 Å². The van der Waals surface area contributed by atoms with E-state index in [2.05, 4.69) is 10.0 Å². The average molecular weight is 279 g/mol. The van der Waals surface area contributed by atoms with Gasteiger partial charge < -0.3 is 5.32 Å². The Balaban J connectivity index is 2.06. The zero-order valence-corrected chi connectivity index (χ0v) is 11.4. The fourth-order valence-corrected chi connectivity index (χ4v) is 3.66. The summed E-state index contributed by atoms with van der Waals surface area (Å²) in [5.41, 5.74) is 0.955. The molecule has 0 radical (unpaired) electrons. The Bertz CT molecular complexity index is 572. The summed E-state index contributed by atoms with van der Waals surface area (Å²) in [6.07, 6.45) is 1.83. The van der Waals surface area contributed by atoms with Crippen LogP contribution in [0.15, 0.2) is 24.3 Å². The number of piperidine rings is 1. The van der Waals surface area contributed by atoms with Gasteiger partial charge in [-0.05, 0) is 31.0 Å². The fourth-order valence-electron chi connectivity index (χ4n) is 2.21. The summed E-state index contributed by atoms with van der Waals surface area (Å²) in [7, 11) is -3.41. The highest BCUT2D eigenvalue weighted by Crippen LogP contribution is 2.12. The van der Waals surface area contributed by atoms with Gasteiger partial charge in [0.05, 0.1) is 17.4 Å². The van der Waals surface area contributed by atoms with Crippen molar-refractivity contribution < 1.29 is 8.42 Å². The van der Waals surface area contributed by atoms with Crippen LogP contribution in [0.4, 0.5) is 0 Å². The summed E-state index contributed by atoms with van der Waals surface area (Å²) in [5.74, 6) is -0.146. The van der Waals surface area contributed by atoms with Gasteiger partial charge in [0.15, 0.2) is 0 Å². The molecule has 1 saturated heterocycles. The van der Waals surface area contributed by atoms with Gasteiger partial charge in [0, 0.05) is 12.6 Å². The maximum atomic E-state index is 12.1. The molecular formula is C13H17N3O2S. The standard InChI is InChI=1S/C13H17N3O2S/c14-8-11-4-1-2-5-12(11)10-19(17,18)16-13-6-3-7-15-9-13/h1-2,4-5,13,15-16H,3,6-7,9-10H2/t13-/m0/s1. The molecule has 1 heterocycles. The third kappa shape index (κ3) is 4.03. The normalized spacial score (nSPS) is 19.8. The molecule has 6 heteroatoms. The van der Waals surface area contributed by atoms with Crippen LogP contribution < -0.4 is 10.0 Å². The summed E-state index contributed by atoms with van der Waals surface area (Å²) < 4.78 is 26.9. The number of sulfonamides is 1. The molecule has 1 atom stereocenters. The predicted molar refractivity (Wildman–Crippen MR) is 72.8 cm³/mol. The van der Waals surface area contributed by atoms with Crippen LogP contribution in [0.2, 0.25) is 0 Å². The summed E-state index contributed by atoms with van der Waals surface area (Å²) in [5, 5.41) is 12.1. The molecule has 0 spiro atoms. The number of nitriles is 1. The van der Waals surface area contributed by atoms with E-state index in [1.54, 1.807) is 24.3 Å². The van der Waals surface area contributed by atoms with Crippen molar-refractivity contribution in [3.05, 3.63) is 35.4 Å². The lowest BCUT2D eigenvalue weighted by Crippen LogP contribution is -2.45. The van der Waals surface area contributed by atoms with E-state index < -0.39 is 10.0 Å². The second-order valence-corrected chi connectivity index (χ2v) is 6.44. The molecule has 1 aliphatic rings. The molecular weight excluding hydrogens is 262 g/mol. The molecule has 1 fully saturated rings. The first-order chi connectivity index (χ1) is 9.11. The molecule has 102 valence electrons. The van der Waals surface area contributed by atoms with Crippen LogP contribution in [0, 0.1) is 11.3 Å². The van der Waals surface area contributed by atoms with Gasteiger partial charge in [-0.1, -0.05) is 18.2 Å². The highest BCUT2D eigenvalue weighted by molar-refractivity contribution is 7.88. The van der Waals surface area contributed by atoms with Gasteiger partial charge >= 0.3 is 0 Å². The number of benzene rings is 1.